The number of thioether (sulfide) groups is 1. The van der Waals surface area contributed by atoms with Crippen LogP contribution in [0.1, 0.15) is 30.7 Å². The summed E-state index contributed by atoms with van der Waals surface area (Å²) in [6.45, 7) is 4.42. The first-order valence-electron chi connectivity index (χ1n) is 6.39. The molecule has 1 atom stereocenters. The number of rotatable bonds is 2. The Morgan fingerprint density at radius 3 is 3.06 bits per heavy atom. The molecule has 5 heteroatoms. The third-order valence-electron chi connectivity index (χ3n) is 3.43. The summed E-state index contributed by atoms with van der Waals surface area (Å²) in [5, 5.41) is 1.94. The van der Waals surface area contributed by atoms with Gasteiger partial charge in [0, 0.05) is 4.88 Å². The molecule has 0 saturated carbocycles. The van der Waals surface area contributed by atoms with Gasteiger partial charge in [0.2, 0.25) is 0 Å². The average molecular weight is 279 g/mol. The topological polar surface area (TPSA) is 51.8 Å². The van der Waals surface area contributed by atoms with Crippen LogP contribution in [0.3, 0.4) is 0 Å². The highest BCUT2D eigenvalue weighted by atomic mass is 32.2. The SMILES string of the molecule is CCSc1nc(N)c2c3c(sc2n1)CC[C@H](C)C3. The number of nitrogens with two attached hydrogens (primary N) is 1. The van der Waals surface area contributed by atoms with Crippen molar-refractivity contribution in [3.8, 4) is 0 Å². The molecule has 0 unspecified atom stereocenters. The Balaban J connectivity index is 2.17. The standard InChI is InChI=1S/C13H17N3S2/c1-3-17-13-15-11(14)10-8-6-7(2)4-5-9(8)18-12(10)16-13/h7H,3-6H2,1-2H3,(H2,14,15,16)/t7-/m0/s1. The lowest BCUT2D eigenvalue weighted by atomic mass is 9.89. The molecule has 0 radical (unpaired) electrons. The molecule has 0 spiro atoms. The van der Waals surface area contributed by atoms with Crippen LogP contribution in [0.4, 0.5) is 5.82 Å². The molecule has 3 rings (SSSR count). The fourth-order valence-electron chi connectivity index (χ4n) is 2.55. The van der Waals surface area contributed by atoms with Crippen molar-refractivity contribution >= 4 is 39.1 Å². The highest BCUT2D eigenvalue weighted by molar-refractivity contribution is 7.99. The van der Waals surface area contributed by atoms with E-state index < -0.39 is 0 Å². The van der Waals surface area contributed by atoms with Crippen LogP contribution in [0.25, 0.3) is 10.2 Å². The van der Waals surface area contributed by atoms with Gasteiger partial charge in [0.15, 0.2) is 5.16 Å². The van der Waals surface area contributed by atoms with Gasteiger partial charge in [0.05, 0.1) is 5.39 Å². The first-order chi connectivity index (χ1) is 8.69. The predicted octanol–water partition coefficient (Wildman–Crippen LogP) is 3.51. The summed E-state index contributed by atoms with van der Waals surface area (Å²) in [5.74, 6) is 2.40. The summed E-state index contributed by atoms with van der Waals surface area (Å²) in [6.07, 6.45) is 3.58. The van der Waals surface area contributed by atoms with E-state index in [9.17, 15) is 0 Å². The van der Waals surface area contributed by atoms with Gasteiger partial charge in [0.1, 0.15) is 10.6 Å². The summed E-state index contributed by atoms with van der Waals surface area (Å²) < 4.78 is 0. The van der Waals surface area contributed by atoms with Gasteiger partial charge >= 0.3 is 0 Å². The van der Waals surface area contributed by atoms with Crippen LogP contribution in [0.5, 0.6) is 0 Å². The Hall–Kier alpha value is -0.810. The molecule has 2 aromatic rings. The van der Waals surface area contributed by atoms with Crippen molar-refractivity contribution in [3.63, 3.8) is 0 Å². The van der Waals surface area contributed by atoms with Gasteiger partial charge in [-0.15, -0.1) is 11.3 Å². The number of aromatic nitrogens is 2. The third kappa shape index (κ3) is 1.99. The first kappa shape index (κ1) is 12.2. The van der Waals surface area contributed by atoms with Gasteiger partial charge in [-0.2, -0.15) is 0 Å². The molecule has 0 saturated heterocycles. The zero-order chi connectivity index (χ0) is 12.7. The average Bonchev–Trinajstić information content (AvgIpc) is 2.67. The molecule has 2 N–H and O–H groups in total. The molecular weight excluding hydrogens is 262 g/mol. The second-order valence-corrected chi connectivity index (χ2v) is 7.17. The Morgan fingerprint density at radius 2 is 2.28 bits per heavy atom. The first-order valence-corrected chi connectivity index (χ1v) is 8.19. The molecular formula is C13H17N3S2. The molecule has 1 aliphatic rings. The fraction of sp³-hybridized carbons (Fsp3) is 0.538. The zero-order valence-corrected chi connectivity index (χ0v) is 12.3. The van der Waals surface area contributed by atoms with Crippen molar-refractivity contribution in [1.29, 1.82) is 0 Å². The van der Waals surface area contributed by atoms with Crippen molar-refractivity contribution in [2.75, 3.05) is 11.5 Å². The van der Waals surface area contributed by atoms with Crippen LogP contribution >= 0.6 is 23.1 Å². The highest BCUT2D eigenvalue weighted by Crippen LogP contribution is 2.39. The highest BCUT2D eigenvalue weighted by Gasteiger charge is 2.23. The number of aryl methyl sites for hydroxylation is 1. The Labute approximate surface area is 115 Å². The molecule has 18 heavy (non-hydrogen) atoms. The van der Waals surface area contributed by atoms with Gasteiger partial charge < -0.3 is 5.73 Å². The summed E-state index contributed by atoms with van der Waals surface area (Å²) >= 11 is 3.47. The Morgan fingerprint density at radius 1 is 1.44 bits per heavy atom. The third-order valence-corrected chi connectivity index (χ3v) is 5.35. The van der Waals surface area contributed by atoms with Gasteiger partial charge in [-0.3, -0.25) is 0 Å². The number of nitrogen functional groups attached to an aromatic ring is 1. The van der Waals surface area contributed by atoms with Gasteiger partial charge in [0.25, 0.3) is 0 Å². The number of anilines is 1. The molecule has 0 aromatic carbocycles. The monoisotopic (exact) mass is 279 g/mol. The van der Waals surface area contributed by atoms with E-state index in [1.54, 1.807) is 11.8 Å². The number of hydrogen-bond donors (Lipinski definition) is 1. The van der Waals surface area contributed by atoms with E-state index in [4.69, 9.17) is 5.73 Å². The van der Waals surface area contributed by atoms with Crippen LogP contribution in [-0.2, 0) is 12.8 Å². The zero-order valence-electron chi connectivity index (χ0n) is 10.7. The van der Waals surface area contributed by atoms with Gasteiger partial charge in [-0.1, -0.05) is 25.6 Å². The lowest BCUT2D eigenvalue weighted by Gasteiger charge is -2.18. The van der Waals surface area contributed by atoms with E-state index in [2.05, 4.69) is 23.8 Å². The molecule has 0 fully saturated rings. The van der Waals surface area contributed by atoms with Crippen LogP contribution < -0.4 is 5.73 Å². The molecule has 0 amide bonds. The molecule has 2 heterocycles. The van der Waals surface area contributed by atoms with E-state index in [1.807, 2.05) is 11.3 Å². The molecule has 0 aliphatic heterocycles. The molecule has 2 aromatic heterocycles. The maximum Gasteiger partial charge on any atom is 0.190 e. The van der Waals surface area contributed by atoms with E-state index in [0.717, 1.165) is 33.5 Å². The van der Waals surface area contributed by atoms with Crippen LogP contribution in [0.15, 0.2) is 5.16 Å². The number of nitrogens with zero attached hydrogens (tertiary/aromatic N) is 2. The maximum atomic E-state index is 6.14. The number of fused-ring (bicyclic) bond motifs is 3. The normalized spacial score (nSPS) is 19.1. The molecule has 3 nitrogen and oxygen atoms in total. The molecule has 1 aliphatic carbocycles. The minimum Gasteiger partial charge on any atom is -0.383 e. The van der Waals surface area contributed by atoms with Gasteiger partial charge in [-0.25, -0.2) is 9.97 Å². The van der Waals surface area contributed by atoms with E-state index in [-0.39, 0.29) is 0 Å². The van der Waals surface area contributed by atoms with Crippen molar-refractivity contribution in [2.45, 2.75) is 38.3 Å². The second-order valence-electron chi connectivity index (χ2n) is 4.86. The van der Waals surface area contributed by atoms with Crippen molar-refractivity contribution in [2.24, 2.45) is 5.92 Å². The van der Waals surface area contributed by atoms with Crippen LogP contribution in [0.2, 0.25) is 0 Å². The summed E-state index contributed by atoms with van der Waals surface area (Å²) in [4.78, 5) is 11.6. The number of hydrogen-bond acceptors (Lipinski definition) is 5. The summed E-state index contributed by atoms with van der Waals surface area (Å²) in [7, 11) is 0. The van der Waals surface area contributed by atoms with Crippen molar-refractivity contribution < 1.29 is 0 Å². The minimum atomic E-state index is 0.669. The summed E-state index contributed by atoms with van der Waals surface area (Å²) in [5.41, 5.74) is 7.56. The largest absolute Gasteiger partial charge is 0.383 e. The van der Waals surface area contributed by atoms with Gasteiger partial charge in [-0.05, 0) is 36.5 Å². The molecule has 96 valence electrons. The van der Waals surface area contributed by atoms with Crippen LogP contribution in [-0.4, -0.2) is 15.7 Å². The predicted molar refractivity (Wildman–Crippen MR) is 79.4 cm³/mol. The van der Waals surface area contributed by atoms with Crippen molar-refractivity contribution in [1.82, 2.24) is 9.97 Å². The van der Waals surface area contributed by atoms with Crippen LogP contribution in [0, 0.1) is 5.92 Å². The quantitative estimate of drug-likeness (QED) is 0.675. The Kier molecular flexibility index (Phi) is 3.20. The lowest BCUT2D eigenvalue weighted by molar-refractivity contribution is 0.508. The smallest absolute Gasteiger partial charge is 0.190 e. The maximum absolute atomic E-state index is 6.14. The number of thiophene rings is 1. The lowest BCUT2D eigenvalue weighted by Crippen LogP contribution is -2.09. The summed E-state index contributed by atoms with van der Waals surface area (Å²) in [6, 6.07) is 0. The minimum absolute atomic E-state index is 0.669. The van der Waals surface area contributed by atoms with E-state index in [1.165, 1.54) is 23.3 Å². The van der Waals surface area contributed by atoms with E-state index >= 15 is 0 Å². The second kappa shape index (κ2) is 4.70. The fourth-order valence-corrected chi connectivity index (χ4v) is 4.41. The van der Waals surface area contributed by atoms with E-state index in [0.29, 0.717) is 5.82 Å². The Bertz CT molecular complexity index is 591. The molecule has 0 bridgehead atoms. The van der Waals surface area contributed by atoms with Crippen molar-refractivity contribution in [3.05, 3.63) is 10.4 Å².